The first kappa shape index (κ1) is 12.6. The minimum atomic E-state index is -0.153. The molecule has 4 nitrogen and oxygen atoms in total. The van der Waals surface area contributed by atoms with E-state index in [1.807, 2.05) is 48.0 Å². The second-order valence-corrected chi connectivity index (χ2v) is 4.36. The second kappa shape index (κ2) is 5.69. The van der Waals surface area contributed by atoms with Gasteiger partial charge in [0.2, 0.25) is 5.91 Å². The summed E-state index contributed by atoms with van der Waals surface area (Å²) in [7, 11) is 0. The van der Waals surface area contributed by atoms with E-state index in [2.05, 4.69) is 5.32 Å². The van der Waals surface area contributed by atoms with Crippen LogP contribution in [0.4, 0.5) is 0 Å². The number of nitrogens with zero attached hydrogens (tertiary/aromatic N) is 1. The van der Waals surface area contributed by atoms with E-state index in [0.717, 1.165) is 17.3 Å². The van der Waals surface area contributed by atoms with Crippen molar-refractivity contribution >= 4 is 16.8 Å². The quantitative estimate of drug-likeness (QED) is 0.840. The molecule has 0 bridgehead atoms. The zero-order chi connectivity index (χ0) is 13.0. The van der Waals surface area contributed by atoms with E-state index < -0.39 is 0 Å². The molecule has 1 atom stereocenters. The van der Waals surface area contributed by atoms with E-state index in [1.165, 1.54) is 0 Å². The van der Waals surface area contributed by atoms with Gasteiger partial charge in [-0.3, -0.25) is 4.79 Å². The van der Waals surface area contributed by atoms with E-state index >= 15 is 0 Å². The molecule has 0 aliphatic carbocycles. The van der Waals surface area contributed by atoms with Crippen LogP contribution >= 0.6 is 0 Å². The molecule has 0 radical (unpaired) electrons. The molecule has 0 fully saturated rings. The molecule has 2 N–H and O–H groups in total. The number of amides is 1. The van der Waals surface area contributed by atoms with Crippen molar-refractivity contribution in [1.29, 1.82) is 0 Å². The molecule has 0 aliphatic rings. The average Bonchev–Trinajstić information content (AvgIpc) is 2.79. The van der Waals surface area contributed by atoms with Gasteiger partial charge in [0.25, 0.3) is 0 Å². The summed E-state index contributed by atoms with van der Waals surface area (Å²) in [6.45, 7) is 2.20. The molecule has 1 amide bonds. The van der Waals surface area contributed by atoms with Crippen LogP contribution in [-0.4, -0.2) is 28.2 Å². The highest BCUT2D eigenvalue weighted by Crippen LogP contribution is 2.14. The van der Waals surface area contributed by atoms with Crippen molar-refractivity contribution < 1.29 is 9.90 Å². The third kappa shape index (κ3) is 2.71. The highest BCUT2D eigenvalue weighted by molar-refractivity contribution is 5.83. The zero-order valence-corrected chi connectivity index (χ0v) is 10.5. The molecular formula is C14H18N2O2. The molecule has 1 aromatic heterocycles. The first-order chi connectivity index (χ1) is 8.74. The van der Waals surface area contributed by atoms with Gasteiger partial charge in [0.15, 0.2) is 0 Å². The Labute approximate surface area is 106 Å². The molecular weight excluding hydrogens is 228 g/mol. The van der Waals surface area contributed by atoms with Crippen molar-refractivity contribution in [2.45, 2.75) is 25.9 Å². The number of fused-ring (bicyclic) bond motifs is 1. The van der Waals surface area contributed by atoms with Crippen LogP contribution in [-0.2, 0) is 11.3 Å². The fourth-order valence-electron chi connectivity index (χ4n) is 1.98. The summed E-state index contributed by atoms with van der Waals surface area (Å²) in [4.78, 5) is 11.8. The van der Waals surface area contributed by atoms with Gasteiger partial charge in [-0.15, -0.1) is 0 Å². The minimum absolute atomic E-state index is 0.0192. The molecule has 0 aliphatic heterocycles. The van der Waals surface area contributed by atoms with Gasteiger partial charge >= 0.3 is 0 Å². The molecule has 1 unspecified atom stereocenters. The molecule has 96 valence electrons. The largest absolute Gasteiger partial charge is 0.394 e. The Hall–Kier alpha value is -1.81. The molecule has 0 spiro atoms. The minimum Gasteiger partial charge on any atom is -0.394 e. The van der Waals surface area contributed by atoms with Crippen LogP contribution in [0.25, 0.3) is 10.9 Å². The predicted octanol–water partition coefficient (Wildman–Crippen LogP) is 1.53. The number of aliphatic hydroxyl groups is 1. The van der Waals surface area contributed by atoms with Crippen molar-refractivity contribution in [3.05, 3.63) is 36.5 Å². The van der Waals surface area contributed by atoms with Gasteiger partial charge in [-0.25, -0.2) is 0 Å². The normalized spacial score (nSPS) is 12.6. The third-order valence-corrected chi connectivity index (χ3v) is 3.07. The number of para-hydroxylation sites is 1. The van der Waals surface area contributed by atoms with Gasteiger partial charge in [0.05, 0.1) is 12.6 Å². The van der Waals surface area contributed by atoms with Gasteiger partial charge in [0.1, 0.15) is 6.54 Å². The lowest BCUT2D eigenvalue weighted by molar-refractivity contribution is -0.122. The van der Waals surface area contributed by atoms with E-state index in [-0.39, 0.29) is 25.1 Å². The maximum Gasteiger partial charge on any atom is 0.240 e. The first-order valence-corrected chi connectivity index (χ1v) is 6.18. The fraction of sp³-hybridized carbons (Fsp3) is 0.357. The lowest BCUT2D eigenvalue weighted by Gasteiger charge is -2.14. The van der Waals surface area contributed by atoms with Crippen molar-refractivity contribution in [3.63, 3.8) is 0 Å². The van der Waals surface area contributed by atoms with Gasteiger partial charge < -0.3 is 15.0 Å². The molecule has 4 heteroatoms. The van der Waals surface area contributed by atoms with Crippen LogP contribution in [0, 0.1) is 0 Å². The number of benzene rings is 1. The molecule has 1 aromatic carbocycles. The smallest absolute Gasteiger partial charge is 0.240 e. The number of nitrogens with one attached hydrogen (secondary N) is 1. The number of carbonyl (C=O) groups excluding carboxylic acids is 1. The predicted molar refractivity (Wildman–Crippen MR) is 71.2 cm³/mol. The van der Waals surface area contributed by atoms with Gasteiger partial charge in [-0.1, -0.05) is 25.1 Å². The average molecular weight is 246 g/mol. The number of aliphatic hydroxyl groups excluding tert-OH is 1. The van der Waals surface area contributed by atoms with Gasteiger partial charge in [0, 0.05) is 11.7 Å². The summed E-state index contributed by atoms with van der Waals surface area (Å²) < 4.78 is 1.91. The highest BCUT2D eigenvalue weighted by atomic mass is 16.3. The Bertz CT molecular complexity index is 529. The molecule has 0 saturated carbocycles. The topological polar surface area (TPSA) is 54.3 Å². The standard InChI is InChI=1S/C14H18N2O2/c1-2-12(10-17)15-14(18)9-16-8-7-11-5-3-4-6-13(11)16/h3-8,12,17H,2,9-10H2,1H3,(H,15,18). The van der Waals surface area contributed by atoms with Crippen molar-refractivity contribution in [1.82, 2.24) is 9.88 Å². The number of hydrogen-bond acceptors (Lipinski definition) is 2. The van der Waals surface area contributed by atoms with Gasteiger partial charge in [-0.2, -0.15) is 0 Å². The molecule has 2 aromatic rings. The van der Waals surface area contributed by atoms with E-state index in [4.69, 9.17) is 5.11 Å². The summed E-state index contributed by atoms with van der Waals surface area (Å²) >= 11 is 0. The SMILES string of the molecule is CCC(CO)NC(=O)Cn1ccc2ccccc21. The number of hydrogen-bond donors (Lipinski definition) is 2. The Morgan fingerprint density at radius 1 is 1.39 bits per heavy atom. The molecule has 2 rings (SSSR count). The molecule has 18 heavy (non-hydrogen) atoms. The van der Waals surface area contributed by atoms with Crippen molar-refractivity contribution in [2.75, 3.05) is 6.61 Å². The van der Waals surface area contributed by atoms with Crippen LogP contribution in [0.3, 0.4) is 0 Å². The first-order valence-electron chi connectivity index (χ1n) is 6.18. The lowest BCUT2D eigenvalue weighted by atomic mass is 10.2. The number of carbonyl (C=O) groups is 1. The monoisotopic (exact) mass is 246 g/mol. The Balaban J connectivity index is 2.07. The Morgan fingerprint density at radius 3 is 2.89 bits per heavy atom. The summed E-state index contributed by atoms with van der Waals surface area (Å²) in [5.74, 6) is -0.0720. The Morgan fingerprint density at radius 2 is 2.17 bits per heavy atom. The van der Waals surface area contributed by atoms with Gasteiger partial charge in [-0.05, 0) is 23.9 Å². The summed E-state index contributed by atoms with van der Waals surface area (Å²) in [6.07, 6.45) is 2.64. The summed E-state index contributed by atoms with van der Waals surface area (Å²) in [5, 5.41) is 13.0. The van der Waals surface area contributed by atoms with Crippen LogP contribution in [0.1, 0.15) is 13.3 Å². The number of aromatic nitrogens is 1. The van der Waals surface area contributed by atoms with Crippen LogP contribution < -0.4 is 5.32 Å². The summed E-state index contributed by atoms with van der Waals surface area (Å²) in [5.41, 5.74) is 1.05. The number of rotatable bonds is 5. The Kier molecular flexibility index (Phi) is 3.99. The summed E-state index contributed by atoms with van der Waals surface area (Å²) in [6, 6.07) is 9.79. The van der Waals surface area contributed by atoms with E-state index in [1.54, 1.807) is 0 Å². The van der Waals surface area contributed by atoms with Crippen LogP contribution in [0.5, 0.6) is 0 Å². The van der Waals surface area contributed by atoms with Crippen LogP contribution in [0.15, 0.2) is 36.5 Å². The second-order valence-electron chi connectivity index (χ2n) is 4.36. The van der Waals surface area contributed by atoms with E-state index in [9.17, 15) is 4.79 Å². The molecule has 1 heterocycles. The van der Waals surface area contributed by atoms with Crippen molar-refractivity contribution in [2.24, 2.45) is 0 Å². The van der Waals surface area contributed by atoms with Crippen molar-refractivity contribution in [3.8, 4) is 0 Å². The highest BCUT2D eigenvalue weighted by Gasteiger charge is 2.10. The maximum absolute atomic E-state index is 11.8. The van der Waals surface area contributed by atoms with E-state index in [0.29, 0.717) is 0 Å². The maximum atomic E-state index is 11.8. The third-order valence-electron chi connectivity index (χ3n) is 3.07. The fourth-order valence-corrected chi connectivity index (χ4v) is 1.98. The lowest BCUT2D eigenvalue weighted by Crippen LogP contribution is -2.38. The van der Waals surface area contributed by atoms with Crippen LogP contribution in [0.2, 0.25) is 0 Å². The molecule has 0 saturated heterocycles. The zero-order valence-electron chi connectivity index (χ0n) is 10.5.